The van der Waals surface area contributed by atoms with Crippen molar-refractivity contribution in [2.45, 2.75) is 36.4 Å². The molecule has 8 heteroatoms. The highest BCUT2D eigenvalue weighted by molar-refractivity contribution is 7.89. The number of nitriles is 1. The molecular weight excluding hydrogens is 280 g/mol. The molecule has 0 radical (unpaired) electrons. The highest BCUT2D eigenvalue weighted by atomic mass is 32.2. The summed E-state index contributed by atoms with van der Waals surface area (Å²) in [5.74, 6) is 0. The Morgan fingerprint density at radius 2 is 2.40 bits per heavy atom. The molecular formula is C12H16N4O3S. The SMILES string of the molecule is CCOC1CC(N)C1NS(=O)(=O)c1cccnc1C#N. The molecule has 3 atom stereocenters. The van der Waals surface area contributed by atoms with Gasteiger partial charge in [0.25, 0.3) is 0 Å². The molecule has 1 fully saturated rings. The molecule has 0 saturated heterocycles. The van der Waals surface area contributed by atoms with Gasteiger partial charge in [0, 0.05) is 18.8 Å². The quantitative estimate of drug-likeness (QED) is 0.772. The van der Waals surface area contributed by atoms with Crippen LogP contribution in [0.3, 0.4) is 0 Å². The van der Waals surface area contributed by atoms with Crippen LogP contribution in [0.2, 0.25) is 0 Å². The predicted octanol–water partition coefficient (Wildman–Crippen LogP) is -0.264. The number of ether oxygens (including phenoxy) is 1. The zero-order chi connectivity index (χ0) is 14.8. The molecule has 0 amide bonds. The number of hydrogen-bond acceptors (Lipinski definition) is 6. The first kappa shape index (κ1) is 14.9. The van der Waals surface area contributed by atoms with Crippen LogP contribution in [0.4, 0.5) is 0 Å². The van der Waals surface area contributed by atoms with Crippen LogP contribution in [0.25, 0.3) is 0 Å². The van der Waals surface area contributed by atoms with Crippen LogP contribution < -0.4 is 10.5 Å². The van der Waals surface area contributed by atoms with Gasteiger partial charge >= 0.3 is 0 Å². The number of nitrogens with one attached hydrogen (secondary N) is 1. The number of rotatable bonds is 5. The molecule has 0 spiro atoms. The van der Waals surface area contributed by atoms with Crippen molar-refractivity contribution in [3.63, 3.8) is 0 Å². The van der Waals surface area contributed by atoms with E-state index in [4.69, 9.17) is 15.7 Å². The standard InChI is InChI=1S/C12H16N4O3S/c1-2-19-10-6-8(14)12(10)16-20(17,18)11-4-3-5-15-9(11)7-13/h3-5,8,10,12,16H,2,6,14H2,1H3. The molecule has 0 aromatic carbocycles. The Morgan fingerprint density at radius 3 is 3.00 bits per heavy atom. The summed E-state index contributed by atoms with van der Waals surface area (Å²) in [5.41, 5.74) is 5.67. The van der Waals surface area contributed by atoms with Gasteiger partial charge in [-0.05, 0) is 25.5 Å². The molecule has 1 saturated carbocycles. The molecule has 3 N–H and O–H groups in total. The van der Waals surface area contributed by atoms with Crippen molar-refractivity contribution < 1.29 is 13.2 Å². The third-order valence-corrected chi connectivity index (χ3v) is 4.70. The summed E-state index contributed by atoms with van der Waals surface area (Å²) in [6.07, 6.45) is 1.75. The summed E-state index contributed by atoms with van der Waals surface area (Å²) in [5, 5.41) is 8.92. The van der Waals surface area contributed by atoms with Gasteiger partial charge in [-0.15, -0.1) is 0 Å². The number of pyridine rings is 1. The number of hydrogen-bond donors (Lipinski definition) is 2. The molecule has 0 bridgehead atoms. The van der Waals surface area contributed by atoms with E-state index in [1.807, 2.05) is 6.92 Å². The molecule has 1 aromatic rings. The van der Waals surface area contributed by atoms with E-state index in [2.05, 4.69) is 9.71 Å². The van der Waals surface area contributed by atoms with E-state index in [-0.39, 0.29) is 22.7 Å². The van der Waals surface area contributed by atoms with Crippen molar-refractivity contribution in [1.29, 1.82) is 5.26 Å². The lowest BCUT2D eigenvalue weighted by Gasteiger charge is -2.42. The molecule has 3 unspecified atom stereocenters. The van der Waals surface area contributed by atoms with Gasteiger partial charge in [-0.2, -0.15) is 5.26 Å². The van der Waals surface area contributed by atoms with Crippen molar-refractivity contribution in [1.82, 2.24) is 9.71 Å². The zero-order valence-electron chi connectivity index (χ0n) is 11.0. The van der Waals surface area contributed by atoms with E-state index in [1.54, 1.807) is 6.07 Å². The molecule has 20 heavy (non-hydrogen) atoms. The van der Waals surface area contributed by atoms with E-state index >= 15 is 0 Å². The Balaban J connectivity index is 2.21. The molecule has 7 nitrogen and oxygen atoms in total. The first-order valence-electron chi connectivity index (χ1n) is 6.24. The number of aromatic nitrogens is 1. The van der Waals surface area contributed by atoms with Gasteiger partial charge in [-0.1, -0.05) is 0 Å². The summed E-state index contributed by atoms with van der Waals surface area (Å²) in [4.78, 5) is 3.60. The average molecular weight is 296 g/mol. The lowest BCUT2D eigenvalue weighted by molar-refractivity contribution is -0.0248. The average Bonchev–Trinajstić information content (AvgIpc) is 2.45. The number of nitrogens with two attached hydrogens (primary N) is 1. The lowest BCUT2D eigenvalue weighted by Crippen LogP contribution is -2.64. The fourth-order valence-corrected chi connectivity index (χ4v) is 3.55. The van der Waals surface area contributed by atoms with Gasteiger partial charge in [0.05, 0.1) is 12.1 Å². The fraction of sp³-hybridized carbons (Fsp3) is 0.500. The predicted molar refractivity (Wildman–Crippen MR) is 71.1 cm³/mol. The van der Waals surface area contributed by atoms with Crippen LogP contribution in [0, 0.1) is 11.3 Å². The van der Waals surface area contributed by atoms with Crippen molar-refractivity contribution in [2.24, 2.45) is 5.73 Å². The Hall–Kier alpha value is -1.53. The van der Waals surface area contributed by atoms with E-state index in [9.17, 15) is 8.42 Å². The maximum atomic E-state index is 12.3. The smallest absolute Gasteiger partial charge is 0.243 e. The van der Waals surface area contributed by atoms with Crippen LogP contribution in [-0.4, -0.2) is 38.2 Å². The van der Waals surface area contributed by atoms with E-state index in [1.165, 1.54) is 18.3 Å². The van der Waals surface area contributed by atoms with Gasteiger partial charge < -0.3 is 10.5 Å². The van der Waals surface area contributed by atoms with Crippen LogP contribution in [0.5, 0.6) is 0 Å². The van der Waals surface area contributed by atoms with Crippen LogP contribution >= 0.6 is 0 Å². The molecule has 2 rings (SSSR count). The third-order valence-electron chi connectivity index (χ3n) is 3.20. The largest absolute Gasteiger partial charge is 0.377 e. The van der Waals surface area contributed by atoms with Gasteiger partial charge in [-0.25, -0.2) is 18.1 Å². The van der Waals surface area contributed by atoms with Crippen molar-refractivity contribution in [3.8, 4) is 6.07 Å². The fourth-order valence-electron chi connectivity index (χ4n) is 2.12. The van der Waals surface area contributed by atoms with E-state index in [0.29, 0.717) is 13.0 Å². The van der Waals surface area contributed by atoms with Crippen LogP contribution in [0.15, 0.2) is 23.2 Å². The second-order valence-electron chi connectivity index (χ2n) is 4.50. The number of sulfonamides is 1. The Labute approximate surface area is 117 Å². The second-order valence-corrected chi connectivity index (χ2v) is 6.18. The van der Waals surface area contributed by atoms with Crippen molar-refractivity contribution in [2.75, 3.05) is 6.61 Å². The lowest BCUT2D eigenvalue weighted by atomic mass is 9.84. The first-order valence-corrected chi connectivity index (χ1v) is 7.72. The zero-order valence-corrected chi connectivity index (χ0v) is 11.8. The Bertz CT molecular complexity index is 624. The molecule has 1 aromatic heterocycles. The molecule has 108 valence electrons. The van der Waals surface area contributed by atoms with Crippen LogP contribution in [0.1, 0.15) is 19.0 Å². The first-order chi connectivity index (χ1) is 9.49. The molecule has 1 aliphatic carbocycles. The second kappa shape index (κ2) is 5.85. The summed E-state index contributed by atoms with van der Waals surface area (Å²) in [6.45, 7) is 2.33. The minimum absolute atomic E-state index is 0.138. The van der Waals surface area contributed by atoms with Gasteiger partial charge in [-0.3, -0.25) is 0 Å². The third kappa shape index (κ3) is 2.81. The minimum atomic E-state index is -3.84. The molecule has 0 aliphatic heterocycles. The monoisotopic (exact) mass is 296 g/mol. The maximum Gasteiger partial charge on any atom is 0.243 e. The Kier molecular flexibility index (Phi) is 4.35. The summed E-state index contributed by atoms with van der Waals surface area (Å²) >= 11 is 0. The van der Waals surface area contributed by atoms with Crippen LogP contribution in [-0.2, 0) is 14.8 Å². The summed E-state index contributed by atoms with van der Waals surface area (Å²) in [7, 11) is -3.84. The minimum Gasteiger partial charge on any atom is -0.377 e. The Morgan fingerprint density at radius 1 is 1.65 bits per heavy atom. The van der Waals surface area contributed by atoms with E-state index < -0.39 is 16.1 Å². The van der Waals surface area contributed by atoms with Gasteiger partial charge in [0.15, 0.2) is 5.69 Å². The summed E-state index contributed by atoms with van der Waals surface area (Å²) in [6, 6.07) is 3.81. The maximum absolute atomic E-state index is 12.3. The normalized spacial score (nSPS) is 25.8. The molecule has 1 heterocycles. The van der Waals surface area contributed by atoms with Crippen molar-refractivity contribution in [3.05, 3.63) is 24.0 Å². The topological polar surface area (TPSA) is 118 Å². The highest BCUT2D eigenvalue weighted by Gasteiger charge is 2.42. The number of nitrogens with zero attached hydrogens (tertiary/aromatic N) is 2. The highest BCUT2D eigenvalue weighted by Crippen LogP contribution is 2.25. The van der Waals surface area contributed by atoms with Crippen molar-refractivity contribution >= 4 is 10.0 Å². The van der Waals surface area contributed by atoms with Gasteiger partial charge in [0.2, 0.25) is 10.0 Å². The molecule has 1 aliphatic rings. The van der Waals surface area contributed by atoms with Gasteiger partial charge in [0.1, 0.15) is 11.0 Å². The summed E-state index contributed by atoms with van der Waals surface area (Å²) < 4.78 is 32.5. The van der Waals surface area contributed by atoms with E-state index in [0.717, 1.165) is 0 Å².